The van der Waals surface area contributed by atoms with E-state index in [0.29, 0.717) is 12.5 Å². The number of H-pyrrole nitrogens is 1. The Bertz CT molecular complexity index is 335. The molecule has 0 saturated heterocycles. The summed E-state index contributed by atoms with van der Waals surface area (Å²) in [6.07, 6.45) is 10.1. The Hall–Kier alpha value is -0.830. The molecule has 0 bridgehead atoms. The summed E-state index contributed by atoms with van der Waals surface area (Å²) in [5, 5.41) is 0. The van der Waals surface area contributed by atoms with E-state index in [9.17, 15) is 0 Å². The van der Waals surface area contributed by atoms with Crippen molar-refractivity contribution in [3.63, 3.8) is 0 Å². The van der Waals surface area contributed by atoms with Crippen LogP contribution in [0, 0.1) is 0 Å². The Labute approximate surface area is 104 Å². The number of imidazole rings is 1. The van der Waals surface area contributed by atoms with E-state index in [1.54, 1.807) is 0 Å². The van der Waals surface area contributed by atoms with E-state index in [4.69, 9.17) is 10.7 Å². The Morgan fingerprint density at radius 2 is 1.94 bits per heavy atom. The summed E-state index contributed by atoms with van der Waals surface area (Å²) in [5.74, 6) is 1.78. The van der Waals surface area contributed by atoms with Crippen molar-refractivity contribution in [2.45, 2.75) is 64.2 Å². The number of hydrogen-bond donors (Lipinski definition) is 2. The predicted molar refractivity (Wildman–Crippen MR) is 71.2 cm³/mol. The zero-order valence-electron chi connectivity index (χ0n) is 11.0. The van der Waals surface area contributed by atoms with Crippen LogP contribution in [0.4, 0.5) is 0 Å². The van der Waals surface area contributed by atoms with Gasteiger partial charge in [0.25, 0.3) is 0 Å². The quantitative estimate of drug-likeness (QED) is 0.788. The molecule has 1 aliphatic rings. The van der Waals surface area contributed by atoms with Gasteiger partial charge in [-0.1, -0.05) is 32.6 Å². The van der Waals surface area contributed by atoms with Gasteiger partial charge in [-0.05, 0) is 25.8 Å². The van der Waals surface area contributed by atoms with Crippen LogP contribution in [-0.4, -0.2) is 16.5 Å². The van der Waals surface area contributed by atoms with E-state index in [1.165, 1.54) is 49.9 Å². The van der Waals surface area contributed by atoms with E-state index < -0.39 is 0 Å². The zero-order chi connectivity index (χ0) is 12.1. The molecular formula is C14H25N3. The first-order chi connectivity index (χ1) is 8.35. The van der Waals surface area contributed by atoms with Gasteiger partial charge in [0.05, 0.1) is 5.69 Å². The van der Waals surface area contributed by atoms with Crippen LogP contribution >= 0.6 is 0 Å². The minimum absolute atomic E-state index is 0.681. The molecule has 96 valence electrons. The molecule has 3 N–H and O–H groups in total. The summed E-state index contributed by atoms with van der Waals surface area (Å²) in [7, 11) is 0. The van der Waals surface area contributed by atoms with Crippen molar-refractivity contribution in [1.82, 2.24) is 9.97 Å². The highest BCUT2D eigenvalue weighted by atomic mass is 14.9. The van der Waals surface area contributed by atoms with Gasteiger partial charge in [0.1, 0.15) is 5.82 Å². The predicted octanol–water partition coefficient (Wildman–Crippen LogP) is 2.91. The molecule has 0 atom stereocenters. The summed E-state index contributed by atoms with van der Waals surface area (Å²) in [6, 6.07) is 0. The van der Waals surface area contributed by atoms with Crippen molar-refractivity contribution in [3.05, 3.63) is 17.2 Å². The number of aryl methyl sites for hydroxylation is 1. The summed E-state index contributed by atoms with van der Waals surface area (Å²) < 4.78 is 0. The fourth-order valence-electron chi connectivity index (χ4n) is 2.89. The van der Waals surface area contributed by atoms with Gasteiger partial charge in [0, 0.05) is 18.0 Å². The lowest BCUT2D eigenvalue weighted by Gasteiger charge is -2.12. The first kappa shape index (κ1) is 12.6. The number of nitrogens with zero attached hydrogens (tertiary/aromatic N) is 1. The fraction of sp³-hybridized carbons (Fsp3) is 0.786. The van der Waals surface area contributed by atoms with E-state index in [2.05, 4.69) is 11.9 Å². The fourth-order valence-corrected chi connectivity index (χ4v) is 2.89. The highest BCUT2D eigenvalue weighted by Gasteiger charge is 2.20. The van der Waals surface area contributed by atoms with E-state index in [0.717, 1.165) is 18.7 Å². The number of hydrogen-bond acceptors (Lipinski definition) is 2. The highest BCUT2D eigenvalue weighted by molar-refractivity contribution is 5.20. The normalized spacial score (nSPS) is 18.2. The van der Waals surface area contributed by atoms with Crippen molar-refractivity contribution >= 4 is 0 Å². The number of rotatable bonds is 4. The van der Waals surface area contributed by atoms with Gasteiger partial charge in [0.2, 0.25) is 0 Å². The first-order valence-corrected chi connectivity index (χ1v) is 7.12. The second-order valence-corrected chi connectivity index (χ2v) is 5.13. The van der Waals surface area contributed by atoms with E-state index >= 15 is 0 Å². The van der Waals surface area contributed by atoms with Gasteiger partial charge >= 0.3 is 0 Å². The minimum Gasteiger partial charge on any atom is -0.346 e. The second-order valence-electron chi connectivity index (χ2n) is 5.13. The molecule has 1 fully saturated rings. The molecule has 1 saturated carbocycles. The van der Waals surface area contributed by atoms with Crippen molar-refractivity contribution in [2.75, 3.05) is 6.54 Å². The Kier molecular flexibility index (Phi) is 4.60. The maximum Gasteiger partial charge on any atom is 0.107 e. The molecule has 17 heavy (non-hydrogen) atoms. The van der Waals surface area contributed by atoms with Crippen LogP contribution in [0.2, 0.25) is 0 Å². The third-order valence-electron chi connectivity index (χ3n) is 3.84. The lowest BCUT2D eigenvalue weighted by atomic mass is 9.95. The molecule has 3 heteroatoms. The number of aromatic amines is 1. The van der Waals surface area contributed by atoms with Crippen LogP contribution in [0.15, 0.2) is 0 Å². The number of aromatic nitrogens is 2. The SMILES string of the molecule is CCc1[nH]c(CCN)nc1C1CCCCCC1. The van der Waals surface area contributed by atoms with Gasteiger partial charge in [0.15, 0.2) is 0 Å². The molecule has 2 rings (SSSR count). The Morgan fingerprint density at radius 1 is 1.24 bits per heavy atom. The lowest BCUT2D eigenvalue weighted by molar-refractivity contribution is 0.574. The first-order valence-electron chi connectivity index (χ1n) is 7.12. The minimum atomic E-state index is 0.681. The van der Waals surface area contributed by atoms with Crippen molar-refractivity contribution < 1.29 is 0 Å². The smallest absolute Gasteiger partial charge is 0.107 e. The van der Waals surface area contributed by atoms with Crippen LogP contribution in [0.1, 0.15) is 68.6 Å². The number of nitrogens with one attached hydrogen (secondary N) is 1. The average Bonchev–Trinajstić information content (AvgIpc) is 2.57. The molecule has 3 nitrogen and oxygen atoms in total. The van der Waals surface area contributed by atoms with E-state index in [-0.39, 0.29) is 0 Å². The molecule has 0 amide bonds. The molecule has 1 aromatic heterocycles. The van der Waals surface area contributed by atoms with Gasteiger partial charge in [-0.25, -0.2) is 4.98 Å². The van der Waals surface area contributed by atoms with Crippen molar-refractivity contribution in [3.8, 4) is 0 Å². The highest BCUT2D eigenvalue weighted by Crippen LogP contribution is 2.32. The lowest BCUT2D eigenvalue weighted by Crippen LogP contribution is -2.04. The van der Waals surface area contributed by atoms with Gasteiger partial charge in [-0.15, -0.1) is 0 Å². The summed E-state index contributed by atoms with van der Waals surface area (Å²) in [4.78, 5) is 8.26. The summed E-state index contributed by atoms with van der Waals surface area (Å²) in [6.45, 7) is 2.89. The molecule has 0 spiro atoms. The molecular weight excluding hydrogens is 210 g/mol. The molecule has 1 heterocycles. The monoisotopic (exact) mass is 235 g/mol. The molecule has 1 aromatic rings. The molecule has 1 aliphatic carbocycles. The maximum absolute atomic E-state index is 5.60. The van der Waals surface area contributed by atoms with Crippen LogP contribution < -0.4 is 5.73 Å². The molecule has 0 radical (unpaired) electrons. The maximum atomic E-state index is 5.60. The average molecular weight is 235 g/mol. The third kappa shape index (κ3) is 3.09. The van der Waals surface area contributed by atoms with Crippen LogP contribution in [0.5, 0.6) is 0 Å². The summed E-state index contributed by atoms with van der Waals surface area (Å²) >= 11 is 0. The second kappa shape index (κ2) is 6.20. The molecule has 0 unspecified atom stereocenters. The van der Waals surface area contributed by atoms with Crippen LogP contribution in [0.3, 0.4) is 0 Å². The zero-order valence-corrected chi connectivity index (χ0v) is 11.0. The van der Waals surface area contributed by atoms with Crippen molar-refractivity contribution in [2.24, 2.45) is 5.73 Å². The topological polar surface area (TPSA) is 54.7 Å². The van der Waals surface area contributed by atoms with Gasteiger partial charge in [-0.3, -0.25) is 0 Å². The molecule has 0 aromatic carbocycles. The van der Waals surface area contributed by atoms with Gasteiger partial charge < -0.3 is 10.7 Å². The van der Waals surface area contributed by atoms with Crippen LogP contribution in [-0.2, 0) is 12.8 Å². The summed E-state index contributed by atoms with van der Waals surface area (Å²) in [5.41, 5.74) is 8.30. The van der Waals surface area contributed by atoms with Crippen LogP contribution in [0.25, 0.3) is 0 Å². The largest absolute Gasteiger partial charge is 0.346 e. The Morgan fingerprint density at radius 3 is 2.53 bits per heavy atom. The van der Waals surface area contributed by atoms with E-state index in [1.807, 2.05) is 0 Å². The number of nitrogens with two attached hydrogens (primary N) is 1. The van der Waals surface area contributed by atoms with Gasteiger partial charge in [-0.2, -0.15) is 0 Å². The van der Waals surface area contributed by atoms with Crippen molar-refractivity contribution in [1.29, 1.82) is 0 Å². The molecule has 0 aliphatic heterocycles. The standard InChI is InChI=1S/C14H25N3/c1-2-12-14(17-13(16-12)9-10-15)11-7-5-3-4-6-8-11/h11H,2-10,15H2,1H3,(H,16,17). The third-order valence-corrected chi connectivity index (χ3v) is 3.84. The Balaban J connectivity index is 2.16.